The lowest BCUT2D eigenvalue weighted by Gasteiger charge is -2.37. The van der Waals surface area contributed by atoms with E-state index in [1.165, 1.54) is 0 Å². The van der Waals surface area contributed by atoms with Crippen LogP contribution >= 0.6 is 0 Å². The summed E-state index contributed by atoms with van der Waals surface area (Å²) < 4.78 is 22.8. The fraction of sp³-hybridized carbons (Fsp3) is 0.923. The number of nitrogens with two attached hydrogens (primary N) is 1. The fourth-order valence-corrected chi connectivity index (χ4v) is 4.76. The maximum Gasteiger partial charge on any atom is 0.227 e. The molecule has 1 aliphatic heterocycles. The lowest BCUT2D eigenvalue weighted by Crippen LogP contribution is -2.51. The first-order chi connectivity index (χ1) is 8.87. The summed E-state index contributed by atoms with van der Waals surface area (Å²) in [7, 11) is -2.95. The summed E-state index contributed by atoms with van der Waals surface area (Å²) in [4.78, 5) is 12.4. The molecule has 19 heavy (non-hydrogen) atoms. The summed E-state index contributed by atoms with van der Waals surface area (Å²) in [6.07, 6.45) is 4.21. The molecule has 3 N–H and O–H groups in total. The molecule has 1 atom stereocenters. The minimum absolute atomic E-state index is 0.0380. The summed E-state index contributed by atoms with van der Waals surface area (Å²) in [5.41, 5.74) is 5.36. The van der Waals surface area contributed by atoms with Gasteiger partial charge < -0.3 is 11.1 Å². The third-order valence-electron chi connectivity index (χ3n) is 4.67. The van der Waals surface area contributed by atoms with Crippen molar-refractivity contribution in [3.63, 3.8) is 0 Å². The van der Waals surface area contributed by atoms with Gasteiger partial charge in [0.2, 0.25) is 5.91 Å². The monoisotopic (exact) mass is 288 g/mol. The average molecular weight is 288 g/mol. The number of amides is 1. The normalized spacial score (nSPS) is 38.0. The predicted octanol–water partition coefficient (Wildman–Crippen LogP) is 0.445. The lowest BCUT2D eigenvalue weighted by molar-refractivity contribution is -0.133. The molecule has 1 amide bonds. The second-order valence-corrected chi connectivity index (χ2v) is 8.47. The molecule has 2 aliphatic rings. The number of sulfone groups is 1. The molecule has 0 spiro atoms. The van der Waals surface area contributed by atoms with Gasteiger partial charge in [-0.25, -0.2) is 8.42 Å². The summed E-state index contributed by atoms with van der Waals surface area (Å²) >= 11 is 0. The lowest BCUT2D eigenvalue weighted by atomic mass is 9.70. The molecule has 1 saturated heterocycles. The van der Waals surface area contributed by atoms with Gasteiger partial charge in [-0.15, -0.1) is 0 Å². The van der Waals surface area contributed by atoms with Crippen molar-refractivity contribution in [2.75, 3.05) is 18.1 Å². The van der Waals surface area contributed by atoms with Gasteiger partial charge in [-0.1, -0.05) is 6.92 Å². The first kappa shape index (κ1) is 14.8. The van der Waals surface area contributed by atoms with Crippen molar-refractivity contribution in [2.45, 2.75) is 45.1 Å². The number of hydrogen-bond acceptors (Lipinski definition) is 4. The van der Waals surface area contributed by atoms with Crippen LogP contribution in [0, 0.1) is 11.3 Å². The Labute approximate surface area is 115 Å². The van der Waals surface area contributed by atoms with Crippen molar-refractivity contribution >= 4 is 15.7 Å². The maximum absolute atomic E-state index is 12.4. The van der Waals surface area contributed by atoms with Crippen molar-refractivity contribution in [3.8, 4) is 0 Å². The summed E-state index contributed by atoms with van der Waals surface area (Å²) in [5.74, 6) is 0.878. The van der Waals surface area contributed by atoms with E-state index in [1.54, 1.807) is 0 Å². The van der Waals surface area contributed by atoms with Gasteiger partial charge in [0.25, 0.3) is 0 Å². The highest BCUT2D eigenvalue weighted by Gasteiger charge is 2.41. The van der Waals surface area contributed by atoms with Crippen LogP contribution in [-0.2, 0) is 14.6 Å². The summed E-state index contributed by atoms with van der Waals surface area (Å²) in [5, 5.41) is 2.91. The minimum atomic E-state index is -2.95. The Bertz CT molecular complexity index is 439. The highest BCUT2D eigenvalue weighted by Crippen LogP contribution is 2.38. The van der Waals surface area contributed by atoms with Crippen molar-refractivity contribution in [1.29, 1.82) is 0 Å². The fourth-order valence-electron chi connectivity index (χ4n) is 3.09. The van der Waals surface area contributed by atoms with Crippen molar-refractivity contribution in [1.82, 2.24) is 5.32 Å². The molecule has 2 rings (SSSR count). The largest absolute Gasteiger partial charge is 0.352 e. The minimum Gasteiger partial charge on any atom is -0.352 e. The zero-order valence-electron chi connectivity index (χ0n) is 11.5. The SMILES string of the molecule is CC1CCC(CN)(C(=O)NC2CCS(=O)(=O)C2)CC1. The van der Waals surface area contributed by atoms with Crippen molar-refractivity contribution < 1.29 is 13.2 Å². The molecular weight excluding hydrogens is 264 g/mol. The summed E-state index contributed by atoms with van der Waals surface area (Å²) in [6, 6.07) is -0.222. The van der Waals surface area contributed by atoms with Gasteiger partial charge >= 0.3 is 0 Å². The molecule has 2 fully saturated rings. The second kappa shape index (κ2) is 5.40. The number of rotatable bonds is 3. The molecule has 5 nitrogen and oxygen atoms in total. The van der Waals surface area contributed by atoms with Crippen molar-refractivity contribution in [3.05, 3.63) is 0 Å². The number of hydrogen-bond donors (Lipinski definition) is 2. The molecule has 0 aromatic rings. The first-order valence-electron chi connectivity index (χ1n) is 7.08. The Morgan fingerprint density at radius 1 is 1.32 bits per heavy atom. The zero-order valence-corrected chi connectivity index (χ0v) is 12.3. The molecular formula is C13H24N2O3S. The first-order valence-corrected chi connectivity index (χ1v) is 8.90. The van der Waals surface area contributed by atoms with E-state index < -0.39 is 15.3 Å². The van der Waals surface area contributed by atoms with Crippen LogP contribution in [0.1, 0.15) is 39.0 Å². The van der Waals surface area contributed by atoms with Gasteiger partial charge in [0.05, 0.1) is 16.9 Å². The van der Waals surface area contributed by atoms with Crippen LogP contribution in [0.15, 0.2) is 0 Å². The van der Waals surface area contributed by atoms with E-state index in [-0.39, 0.29) is 23.5 Å². The van der Waals surface area contributed by atoms with Crippen LogP contribution in [0.25, 0.3) is 0 Å². The number of carbonyl (C=O) groups excluding carboxylic acids is 1. The molecule has 0 aromatic carbocycles. The molecule has 1 saturated carbocycles. The molecule has 1 unspecified atom stereocenters. The van der Waals surface area contributed by atoms with E-state index >= 15 is 0 Å². The van der Waals surface area contributed by atoms with E-state index in [4.69, 9.17) is 5.73 Å². The van der Waals surface area contributed by atoms with Crippen LogP contribution in [0.4, 0.5) is 0 Å². The third kappa shape index (κ3) is 3.28. The van der Waals surface area contributed by atoms with Gasteiger partial charge in [0.15, 0.2) is 9.84 Å². The van der Waals surface area contributed by atoms with Crippen LogP contribution in [0.3, 0.4) is 0 Å². The van der Waals surface area contributed by atoms with E-state index in [0.717, 1.165) is 25.7 Å². The molecule has 110 valence electrons. The molecule has 6 heteroatoms. The van der Waals surface area contributed by atoms with Gasteiger partial charge in [0, 0.05) is 12.6 Å². The van der Waals surface area contributed by atoms with Crippen molar-refractivity contribution in [2.24, 2.45) is 17.1 Å². The zero-order chi connectivity index (χ0) is 14.1. The predicted molar refractivity (Wildman–Crippen MR) is 74.3 cm³/mol. The van der Waals surface area contributed by atoms with Crippen LogP contribution in [-0.4, -0.2) is 38.4 Å². The van der Waals surface area contributed by atoms with Gasteiger partial charge in [-0.2, -0.15) is 0 Å². The average Bonchev–Trinajstić information content (AvgIpc) is 2.70. The van der Waals surface area contributed by atoms with Gasteiger partial charge in [0.1, 0.15) is 0 Å². The topological polar surface area (TPSA) is 89.3 Å². The quantitative estimate of drug-likeness (QED) is 0.789. The molecule has 1 heterocycles. The van der Waals surface area contributed by atoms with Gasteiger partial charge in [-0.05, 0) is 38.0 Å². The Kier molecular flexibility index (Phi) is 4.20. The standard InChI is InChI=1S/C13H24N2O3S/c1-10-2-5-13(9-14,6-3-10)12(16)15-11-4-7-19(17,18)8-11/h10-11H,2-9,14H2,1H3,(H,15,16). The number of nitrogens with one attached hydrogen (secondary N) is 1. The molecule has 1 aliphatic carbocycles. The van der Waals surface area contributed by atoms with Crippen LogP contribution in [0.5, 0.6) is 0 Å². The molecule has 0 radical (unpaired) electrons. The third-order valence-corrected chi connectivity index (χ3v) is 6.44. The highest BCUT2D eigenvalue weighted by molar-refractivity contribution is 7.91. The van der Waals surface area contributed by atoms with Crippen LogP contribution < -0.4 is 11.1 Å². The second-order valence-electron chi connectivity index (χ2n) is 6.24. The maximum atomic E-state index is 12.4. The van der Waals surface area contributed by atoms with E-state index in [1.807, 2.05) is 0 Å². The Balaban J connectivity index is 1.98. The summed E-state index contributed by atoms with van der Waals surface area (Å²) in [6.45, 7) is 2.55. The van der Waals surface area contributed by atoms with E-state index in [2.05, 4.69) is 12.2 Å². The van der Waals surface area contributed by atoms with Gasteiger partial charge in [-0.3, -0.25) is 4.79 Å². The van der Waals surface area contributed by atoms with Crippen LogP contribution in [0.2, 0.25) is 0 Å². The smallest absolute Gasteiger partial charge is 0.227 e. The Morgan fingerprint density at radius 3 is 2.42 bits per heavy atom. The molecule has 0 aromatic heterocycles. The Hall–Kier alpha value is -0.620. The molecule has 0 bridgehead atoms. The van der Waals surface area contributed by atoms with E-state index in [0.29, 0.717) is 18.9 Å². The number of carbonyl (C=O) groups is 1. The highest BCUT2D eigenvalue weighted by atomic mass is 32.2. The Morgan fingerprint density at radius 2 is 1.95 bits per heavy atom. The van der Waals surface area contributed by atoms with E-state index in [9.17, 15) is 13.2 Å².